The number of thiophene rings is 1. The Morgan fingerprint density at radius 1 is 1.21 bits per heavy atom. The van der Waals surface area contributed by atoms with E-state index in [9.17, 15) is 13.2 Å². The highest BCUT2D eigenvalue weighted by atomic mass is 35.5. The average molecular weight is 466 g/mol. The number of anilines is 2. The smallest absolute Gasteiger partial charge is 0.250 e. The van der Waals surface area contributed by atoms with Gasteiger partial charge in [-0.15, -0.1) is 22.7 Å². The van der Waals surface area contributed by atoms with Crippen LogP contribution in [0.1, 0.15) is 12.0 Å². The molecule has 0 saturated carbocycles. The number of hydrogen-bond acceptors (Lipinski definition) is 6. The SMILES string of the molecule is O=C(/C=C/c1ccc(N2CCCS2(=O)=O)cc1)Nc1nc(-c2ccc(Cl)s2)cs1. The van der Waals surface area contributed by atoms with Crippen molar-refractivity contribution in [3.8, 4) is 10.6 Å². The van der Waals surface area contributed by atoms with Crippen LogP contribution >= 0.6 is 34.3 Å². The highest BCUT2D eigenvalue weighted by Gasteiger charge is 2.28. The fourth-order valence-electron chi connectivity index (χ4n) is 2.90. The summed E-state index contributed by atoms with van der Waals surface area (Å²) in [5, 5.41) is 5.12. The molecule has 0 unspecified atom stereocenters. The Balaban J connectivity index is 1.38. The van der Waals surface area contributed by atoms with Crippen LogP contribution < -0.4 is 9.62 Å². The molecule has 1 aliphatic rings. The van der Waals surface area contributed by atoms with Crippen molar-refractivity contribution in [1.82, 2.24) is 4.98 Å². The molecule has 1 N–H and O–H groups in total. The third kappa shape index (κ3) is 4.69. The second-order valence-electron chi connectivity index (χ2n) is 6.30. The lowest BCUT2D eigenvalue weighted by molar-refractivity contribution is -0.111. The molecule has 1 aliphatic heterocycles. The first-order valence-corrected chi connectivity index (χ1v) is 12.4. The van der Waals surface area contributed by atoms with E-state index >= 15 is 0 Å². The van der Waals surface area contributed by atoms with E-state index in [1.165, 1.54) is 33.1 Å². The minimum atomic E-state index is -3.19. The molecule has 0 aliphatic carbocycles. The van der Waals surface area contributed by atoms with Gasteiger partial charge in [-0.2, -0.15) is 0 Å². The molecule has 2 aromatic heterocycles. The van der Waals surface area contributed by atoms with Gasteiger partial charge >= 0.3 is 0 Å². The molecule has 0 bridgehead atoms. The minimum Gasteiger partial charge on any atom is -0.298 e. The fraction of sp³-hybridized carbons (Fsp3) is 0.158. The van der Waals surface area contributed by atoms with Gasteiger partial charge in [0.25, 0.3) is 0 Å². The minimum absolute atomic E-state index is 0.187. The van der Waals surface area contributed by atoms with Gasteiger partial charge in [0.15, 0.2) is 5.13 Å². The molecular formula is C19H16ClN3O3S3. The normalized spacial score (nSPS) is 15.8. The van der Waals surface area contributed by atoms with Crippen LogP contribution in [-0.4, -0.2) is 31.6 Å². The van der Waals surface area contributed by atoms with Crippen molar-refractivity contribution in [1.29, 1.82) is 0 Å². The molecule has 4 rings (SSSR count). The number of thiazole rings is 1. The van der Waals surface area contributed by atoms with Gasteiger partial charge in [0.05, 0.1) is 26.3 Å². The Hall–Kier alpha value is -2.20. The summed E-state index contributed by atoms with van der Waals surface area (Å²) < 4.78 is 26.1. The number of nitrogens with zero attached hydrogens (tertiary/aromatic N) is 2. The number of rotatable bonds is 5. The summed E-state index contributed by atoms with van der Waals surface area (Å²) in [7, 11) is -3.19. The zero-order valence-electron chi connectivity index (χ0n) is 15.0. The van der Waals surface area contributed by atoms with Crippen molar-refractivity contribution >= 4 is 67.1 Å². The zero-order chi connectivity index (χ0) is 20.4. The van der Waals surface area contributed by atoms with Crippen LogP contribution in [0.3, 0.4) is 0 Å². The fourth-order valence-corrected chi connectivity index (χ4v) is 6.25. The lowest BCUT2D eigenvalue weighted by Crippen LogP contribution is -2.24. The molecule has 1 amide bonds. The van der Waals surface area contributed by atoms with E-state index < -0.39 is 10.0 Å². The molecule has 0 spiro atoms. The van der Waals surface area contributed by atoms with Crippen LogP contribution in [0.5, 0.6) is 0 Å². The van der Waals surface area contributed by atoms with Gasteiger partial charge < -0.3 is 0 Å². The zero-order valence-corrected chi connectivity index (χ0v) is 18.2. The molecule has 0 atom stereocenters. The Morgan fingerprint density at radius 3 is 2.66 bits per heavy atom. The number of nitrogens with one attached hydrogen (secondary N) is 1. The number of aromatic nitrogens is 1. The van der Waals surface area contributed by atoms with Crippen molar-refractivity contribution in [3.63, 3.8) is 0 Å². The van der Waals surface area contributed by atoms with Crippen molar-refractivity contribution in [3.05, 3.63) is 57.8 Å². The number of benzene rings is 1. The monoisotopic (exact) mass is 465 g/mol. The summed E-state index contributed by atoms with van der Waals surface area (Å²) in [6, 6.07) is 10.8. The highest BCUT2D eigenvalue weighted by Crippen LogP contribution is 2.32. The van der Waals surface area contributed by atoms with E-state index in [1.54, 1.807) is 30.3 Å². The van der Waals surface area contributed by atoms with Gasteiger partial charge in [0, 0.05) is 18.0 Å². The summed E-state index contributed by atoms with van der Waals surface area (Å²) in [4.78, 5) is 17.5. The molecule has 3 heterocycles. The largest absolute Gasteiger partial charge is 0.298 e. The first kappa shape index (κ1) is 20.1. The first-order chi connectivity index (χ1) is 13.9. The Labute approximate surface area is 181 Å². The number of hydrogen-bond donors (Lipinski definition) is 1. The average Bonchev–Trinajstić information content (AvgIpc) is 3.40. The van der Waals surface area contributed by atoms with E-state index in [-0.39, 0.29) is 11.7 Å². The van der Waals surface area contributed by atoms with Crippen molar-refractivity contribution in [2.45, 2.75) is 6.42 Å². The van der Waals surface area contributed by atoms with E-state index in [1.807, 2.05) is 17.5 Å². The van der Waals surface area contributed by atoms with Crippen LogP contribution in [-0.2, 0) is 14.8 Å². The van der Waals surface area contributed by atoms with Gasteiger partial charge in [0.1, 0.15) is 0 Å². The van der Waals surface area contributed by atoms with Crippen LogP contribution in [0.2, 0.25) is 4.34 Å². The van der Waals surface area contributed by atoms with Crippen LogP contribution in [0.25, 0.3) is 16.6 Å². The highest BCUT2D eigenvalue weighted by molar-refractivity contribution is 7.93. The van der Waals surface area contributed by atoms with Crippen LogP contribution in [0, 0.1) is 0 Å². The van der Waals surface area contributed by atoms with Crippen molar-refractivity contribution < 1.29 is 13.2 Å². The molecule has 10 heteroatoms. The summed E-state index contributed by atoms with van der Waals surface area (Å²) in [5.41, 5.74) is 2.22. The molecule has 0 radical (unpaired) electrons. The Bertz CT molecular complexity index is 1170. The molecular weight excluding hydrogens is 450 g/mol. The number of sulfonamides is 1. The van der Waals surface area contributed by atoms with Gasteiger partial charge in [-0.1, -0.05) is 23.7 Å². The maximum absolute atomic E-state index is 12.2. The topological polar surface area (TPSA) is 79.4 Å². The summed E-state index contributed by atoms with van der Waals surface area (Å²) in [5.74, 6) is -0.103. The van der Waals surface area contributed by atoms with Crippen LogP contribution in [0.4, 0.5) is 10.8 Å². The number of amides is 1. The first-order valence-electron chi connectivity index (χ1n) is 8.71. The maximum atomic E-state index is 12.2. The molecule has 3 aromatic rings. The van der Waals surface area contributed by atoms with E-state index in [2.05, 4.69) is 10.3 Å². The second kappa shape index (κ2) is 8.27. The number of carbonyl (C=O) groups is 1. The van der Waals surface area contributed by atoms with E-state index in [0.29, 0.717) is 28.1 Å². The molecule has 1 aromatic carbocycles. The van der Waals surface area contributed by atoms with Gasteiger partial charge in [-0.25, -0.2) is 13.4 Å². The predicted octanol–water partition coefficient (Wildman–Crippen LogP) is 4.72. The molecule has 6 nitrogen and oxygen atoms in total. The second-order valence-corrected chi connectivity index (χ2v) is 10.9. The van der Waals surface area contributed by atoms with Crippen molar-refractivity contribution in [2.24, 2.45) is 0 Å². The standard InChI is InChI=1S/C19H16ClN3O3S3/c20-17-8-7-16(28-17)15-12-27-19(21-15)22-18(24)9-4-13-2-5-14(6-3-13)23-10-1-11-29(23,25)26/h2-9,12H,1,10-11H2,(H,21,22,24)/b9-4+. The lowest BCUT2D eigenvalue weighted by Gasteiger charge is -2.16. The number of halogens is 1. The lowest BCUT2D eigenvalue weighted by atomic mass is 10.2. The van der Waals surface area contributed by atoms with Crippen LogP contribution in [0.15, 0.2) is 47.9 Å². The van der Waals surface area contributed by atoms with Gasteiger partial charge in [0.2, 0.25) is 15.9 Å². The molecule has 29 heavy (non-hydrogen) atoms. The Kier molecular flexibility index (Phi) is 5.73. The summed E-state index contributed by atoms with van der Waals surface area (Å²) in [6.07, 6.45) is 3.73. The summed E-state index contributed by atoms with van der Waals surface area (Å²) >= 11 is 8.72. The molecule has 1 saturated heterocycles. The number of carbonyl (C=O) groups excluding carboxylic acids is 1. The van der Waals surface area contributed by atoms with Gasteiger partial charge in [-0.3, -0.25) is 14.4 Å². The van der Waals surface area contributed by atoms with Crippen molar-refractivity contribution in [2.75, 3.05) is 21.9 Å². The maximum Gasteiger partial charge on any atom is 0.250 e. The quantitative estimate of drug-likeness (QED) is 0.553. The third-order valence-electron chi connectivity index (χ3n) is 4.27. The summed E-state index contributed by atoms with van der Waals surface area (Å²) in [6.45, 7) is 0.507. The van der Waals surface area contributed by atoms with Gasteiger partial charge in [-0.05, 0) is 42.3 Å². The Morgan fingerprint density at radius 2 is 2.00 bits per heavy atom. The molecule has 150 valence electrons. The third-order valence-corrected chi connectivity index (χ3v) is 8.15. The van der Waals surface area contributed by atoms with E-state index in [0.717, 1.165) is 16.1 Å². The predicted molar refractivity (Wildman–Crippen MR) is 120 cm³/mol. The molecule has 1 fully saturated rings. The van der Waals surface area contributed by atoms with E-state index in [4.69, 9.17) is 11.6 Å².